The summed E-state index contributed by atoms with van der Waals surface area (Å²) >= 11 is 0. The zero-order valence-electron chi connectivity index (χ0n) is 16.7. The van der Waals surface area contributed by atoms with Gasteiger partial charge in [0.05, 0.1) is 17.3 Å². The zero-order valence-corrected chi connectivity index (χ0v) is 16.7. The summed E-state index contributed by atoms with van der Waals surface area (Å²) in [6, 6.07) is 23.4. The van der Waals surface area contributed by atoms with Gasteiger partial charge in [-0.05, 0) is 60.7 Å². The summed E-state index contributed by atoms with van der Waals surface area (Å²) in [6.45, 7) is 0. The van der Waals surface area contributed by atoms with Gasteiger partial charge < -0.3 is 5.32 Å². The molecule has 0 aliphatic carbocycles. The lowest BCUT2D eigenvalue weighted by molar-refractivity contribution is 0.102. The first-order chi connectivity index (χ1) is 15.7. The molecule has 0 atom stereocenters. The van der Waals surface area contributed by atoms with Crippen molar-refractivity contribution in [3.8, 4) is 28.7 Å². The second kappa shape index (κ2) is 8.08. The molecule has 2 aromatic carbocycles. The molecule has 152 valence electrons. The van der Waals surface area contributed by atoms with Gasteiger partial charge in [0, 0.05) is 34.8 Å². The Morgan fingerprint density at radius 1 is 0.844 bits per heavy atom. The number of aromatic nitrogens is 5. The molecule has 8 heteroatoms. The van der Waals surface area contributed by atoms with Crippen LogP contribution in [-0.4, -0.2) is 30.7 Å². The van der Waals surface area contributed by atoms with E-state index in [1.807, 2.05) is 54.6 Å². The number of pyridine rings is 1. The Morgan fingerprint density at radius 2 is 1.59 bits per heavy atom. The molecule has 0 saturated carbocycles. The fraction of sp³-hybridized carbons (Fsp3) is 0. The van der Waals surface area contributed by atoms with Crippen LogP contribution < -0.4 is 5.32 Å². The SMILES string of the molecule is N#Cc1ccc(C(=O)Nc2ccc(-c3ccc4nnc(-c5ccncc5)n4n3)cc2)cc1. The van der Waals surface area contributed by atoms with Crippen LogP contribution in [0.1, 0.15) is 15.9 Å². The van der Waals surface area contributed by atoms with Crippen molar-refractivity contribution in [1.82, 2.24) is 24.8 Å². The molecule has 0 aliphatic heterocycles. The Kier molecular flexibility index (Phi) is 4.82. The van der Waals surface area contributed by atoms with E-state index in [0.717, 1.165) is 16.8 Å². The van der Waals surface area contributed by atoms with Crippen molar-refractivity contribution in [3.05, 3.63) is 96.3 Å². The minimum absolute atomic E-state index is 0.242. The maximum Gasteiger partial charge on any atom is 0.255 e. The number of nitrogens with one attached hydrogen (secondary N) is 1. The Bertz CT molecular complexity index is 1450. The molecular weight excluding hydrogens is 402 g/mol. The van der Waals surface area contributed by atoms with Crippen LogP contribution in [0.25, 0.3) is 28.3 Å². The number of hydrogen-bond donors (Lipinski definition) is 1. The van der Waals surface area contributed by atoms with Gasteiger partial charge in [-0.25, -0.2) is 0 Å². The molecule has 5 rings (SSSR count). The third kappa shape index (κ3) is 3.66. The second-order valence-electron chi connectivity index (χ2n) is 6.97. The summed E-state index contributed by atoms with van der Waals surface area (Å²) in [5.74, 6) is 0.392. The lowest BCUT2D eigenvalue weighted by Crippen LogP contribution is -2.11. The average molecular weight is 417 g/mol. The molecule has 0 spiro atoms. The van der Waals surface area contributed by atoms with Crippen LogP contribution in [0.3, 0.4) is 0 Å². The highest BCUT2D eigenvalue weighted by Gasteiger charge is 2.11. The van der Waals surface area contributed by atoms with E-state index in [0.29, 0.717) is 28.3 Å². The van der Waals surface area contributed by atoms with Gasteiger partial charge in [0.15, 0.2) is 11.5 Å². The molecule has 0 fully saturated rings. The second-order valence-corrected chi connectivity index (χ2v) is 6.97. The smallest absolute Gasteiger partial charge is 0.255 e. The molecular formula is C24H15N7O. The fourth-order valence-corrected chi connectivity index (χ4v) is 3.25. The van der Waals surface area contributed by atoms with Crippen LogP contribution in [0.4, 0.5) is 5.69 Å². The van der Waals surface area contributed by atoms with Crippen molar-refractivity contribution in [3.63, 3.8) is 0 Å². The summed E-state index contributed by atoms with van der Waals surface area (Å²) in [5, 5.41) is 24.9. The van der Waals surface area contributed by atoms with Crippen LogP contribution in [0.5, 0.6) is 0 Å². The molecule has 8 nitrogen and oxygen atoms in total. The van der Waals surface area contributed by atoms with Gasteiger partial charge in [-0.3, -0.25) is 9.78 Å². The fourth-order valence-electron chi connectivity index (χ4n) is 3.25. The highest BCUT2D eigenvalue weighted by Crippen LogP contribution is 2.22. The third-order valence-electron chi connectivity index (χ3n) is 4.92. The van der Waals surface area contributed by atoms with Gasteiger partial charge in [0.1, 0.15) is 0 Å². The van der Waals surface area contributed by atoms with Crippen molar-refractivity contribution >= 4 is 17.2 Å². The predicted octanol–water partition coefficient (Wildman–Crippen LogP) is 3.98. The van der Waals surface area contributed by atoms with Crippen molar-refractivity contribution in [1.29, 1.82) is 5.26 Å². The highest BCUT2D eigenvalue weighted by atomic mass is 16.1. The van der Waals surface area contributed by atoms with E-state index >= 15 is 0 Å². The van der Waals surface area contributed by atoms with Gasteiger partial charge in [-0.15, -0.1) is 10.2 Å². The number of nitriles is 1. The van der Waals surface area contributed by atoms with Crippen LogP contribution in [0, 0.1) is 11.3 Å². The molecule has 32 heavy (non-hydrogen) atoms. The molecule has 0 unspecified atom stereocenters. The first-order valence-corrected chi connectivity index (χ1v) is 9.76. The molecule has 1 N–H and O–H groups in total. The normalized spacial score (nSPS) is 10.6. The quantitative estimate of drug-likeness (QED) is 0.474. The minimum Gasteiger partial charge on any atom is -0.322 e. The summed E-state index contributed by atoms with van der Waals surface area (Å²) in [4.78, 5) is 16.5. The third-order valence-corrected chi connectivity index (χ3v) is 4.92. The number of rotatable bonds is 4. The van der Waals surface area contributed by atoms with Crippen LogP contribution in [0.15, 0.2) is 85.2 Å². The van der Waals surface area contributed by atoms with Crippen molar-refractivity contribution in [2.24, 2.45) is 0 Å². The number of anilines is 1. The van der Waals surface area contributed by atoms with Gasteiger partial charge >= 0.3 is 0 Å². The number of carbonyl (C=O) groups excluding carboxylic acids is 1. The Balaban J connectivity index is 1.39. The monoisotopic (exact) mass is 417 g/mol. The molecule has 5 aromatic rings. The summed E-state index contributed by atoms with van der Waals surface area (Å²) in [6.07, 6.45) is 3.40. The lowest BCUT2D eigenvalue weighted by Gasteiger charge is -2.07. The maximum atomic E-state index is 12.4. The molecule has 3 heterocycles. The van der Waals surface area contributed by atoms with E-state index < -0.39 is 0 Å². The van der Waals surface area contributed by atoms with Crippen molar-refractivity contribution in [2.75, 3.05) is 5.32 Å². The highest BCUT2D eigenvalue weighted by molar-refractivity contribution is 6.04. The number of amides is 1. The maximum absolute atomic E-state index is 12.4. The minimum atomic E-state index is -0.242. The van der Waals surface area contributed by atoms with E-state index in [-0.39, 0.29) is 5.91 Å². The number of nitrogens with zero attached hydrogens (tertiary/aromatic N) is 6. The molecule has 1 amide bonds. The van der Waals surface area contributed by atoms with Crippen LogP contribution in [-0.2, 0) is 0 Å². The molecule has 0 aliphatic rings. The summed E-state index contributed by atoms with van der Waals surface area (Å²) in [7, 11) is 0. The largest absolute Gasteiger partial charge is 0.322 e. The van der Waals surface area contributed by atoms with Crippen molar-refractivity contribution < 1.29 is 4.79 Å². The Hall–Kier alpha value is -4.90. The Labute approximate surface area is 182 Å². The van der Waals surface area contributed by atoms with E-state index in [1.165, 1.54) is 0 Å². The van der Waals surface area contributed by atoms with Gasteiger partial charge in [0.25, 0.3) is 5.91 Å². The van der Waals surface area contributed by atoms with E-state index in [1.54, 1.807) is 41.2 Å². The summed E-state index contributed by atoms with van der Waals surface area (Å²) < 4.78 is 1.70. The number of benzene rings is 2. The van der Waals surface area contributed by atoms with Crippen molar-refractivity contribution in [2.45, 2.75) is 0 Å². The average Bonchev–Trinajstić information content (AvgIpc) is 3.28. The van der Waals surface area contributed by atoms with E-state index in [2.05, 4.69) is 20.5 Å². The molecule has 0 saturated heterocycles. The van der Waals surface area contributed by atoms with Crippen LogP contribution >= 0.6 is 0 Å². The molecule has 0 bridgehead atoms. The first-order valence-electron chi connectivity index (χ1n) is 9.76. The van der Waals surface area contributed by atoms with Crippen LogP contribution in [0.2, 0.25) is 0 Å². The number of hydrogen-bond acceptors (Lipinski definition) is 6. The lowest BCUT2D eigenvalue weighted by atomic mass is 10.1. The van der Waals surface area contributed by atoms with Gasteiger partial charge in [-0.1, -0.05) is 12.1 Å². The Morgan fingerprint density at radius 3 is 2.31 bits per heavy atom. The summed E-state index contributed by atoms with van der Waals surface area (Å²) in [5.41, 5.74) is 4.80. The number of fused-ring (bicyclic) bond motifs is 1. The molecule has 3 aromatic heterocycles. The van der Waals surface area contributed by atoms with E-state index in [4.69, 9.17) is 10.4 Å². The topological polar surface area (TPSA) is 109 Å². The molecule has 0 radical (unpaired) electrons. The standard InChI is InChI=1S/C24H15N7O/c25-15-16-1-3-19(4-2-16)24(32)27-20-7-5-17(6-8-20)21-9-10-22-28-29-23(31(22)30-21)18-11-13-26-14-12-18/h1-14H,(H,27,32). The van der Waals surface area contributed by atoms with Gasteiger partial charge in [-0.2, -0.15) is 14.9 Å². The van der Waals surface area contributed by atoms with E-state index in [9.17, 15) is 4.79 Å². The number of carbonyl (C=O) groups is 1. The zero-order chi connectivity index (χ0) is 21.9. The predicted molar refractivity (Wildman–Crippen MR) is 119 cm³/mol. The van der Waals surface area contributed by atoms with Gasteiger partial charge in [0.2, 0.25) is 0 Å². The first kappa shape index (κ1) is 19.1.